The Kier molecular flexibility index (Phi) is 5.98. The Morgan fingerprint density at radius 2 is 1.81 bits per heavy atom. The fraction of sp³-hybridized carbons (Fsp3) is 0.292. The van der Waals surface area contributed by atoms with Crippen LogP contribution >= 0.6 is 23.2 Å². The summed E-state index contributed by atoms with van der Waals surface area (Å²) in [7, 11) is 0. The van der Waals surface area contributed by atoms with Gasteiger partial charge in [-0.2, -0.15) is 5.10 Å². The lowest BCUT2D eigenvalue weighted by molar-refractivity contribution is 0.214. The highest BCUT2D eigenvalue weighted by Crippen LogP contribution is 2.33. The molecule has 1 aromatic carbocycles. The standard InChI is InChI=1S/C24H23Cl2N9O2/c25-16-10-28-11-17(26)19(16)21(27)37-14-1-2-18-15(7-14)20(34-33-18)13-8-29-22(30-9-13)35-5-3-24(4-6-35)12-31-23(36)32-24/h1-2,7-11,21H,3-6,12,27H2,(H,33,34)(H2,31,32,36)/t21-/m0/s1. The number of H-pyrrole nitrogens is 1. The lowest BCUT2D eigenvalue weighted by Gasteiger charge is -2.38. The van der Waals surface area contributed by atoms with E-state index in [1.165, 1.54) is 12.4 Å². The molecule has 1 spiro atoms. The maximum Gasteiger partial charge on any atom is 0.315 e. The lowest BCUT2D eigenvalue weighted by Crippen LogP contribution is -2.52. The Balaban J connectivity index is 1.19. The van der Waals surface area contributed by atoms with Gasteiger partial charge in [0.25, 0.3) is 0 Å². The number of urea groups is 1. The number of benzene rings is 1. The molecule has 0 aliphatic carbocycles. The largest absolute Gasteiger partial charge is 0.471 e. The lowest BCUT2D eigenvalue weighted by atomic mass is 9.89. The number of aromatic amines is 1. The number of nitrogens with zero attached hydrogens (tertiary/aromatic N) is 5. The molecule has 13 heteroatoms. The van der Waals surface area contributed by atoms with Crippen LogP contribution in [0.4, 0.5) is 10.7 Å². The summed E-state index contributed by atoms with van der Waals surface area (Å²) in [6, 6.07) is 5.40. The first-order valence-corrected chi connectivity index (χ1v) is 12.5. The minimum Gasteiger partial charge on any atom is -0.471 e. The third-order valence-electron chi connectivity index (χ3n) is 6.85. The van der Waals surface area contributed by atoms with Crippen LogP contribution in [0.5, 0.6) is 5.75 Å². The second-order valence-electron chi connectivity index (χ2n) is 9.18. The molecule has 0 bridgehead atoms. The summed E-state index contributed by atoms with van der Waals surface area (Å²) in [5.74, 6) is 1.18. The van der Waals surface area contributed by atoms with Gasteiger partial charge >= 0.3 is 6.03 Å². The molecule has 1 atom stereocenters. The number of hydrogen-bond acceptors (Lipinski definition) is 8. The van der Waals surface area contributed by atoms with Crippen LogP contribution in [-0.4, -0.2) is 56.4 Å². The minimum atomic E-state index is -0.879. The third kappa shape index (κ3) is 4.50. The smallest absolute Gasteiger partial charge is 0.315 e. The van der Waals surface area contributed by atoms with Crippen LogP contribution in [0.1, 0.15) is 24.6 Å². The minimum absolute atomic E-state index is 0.0965. The number of halogens is 2. The molecule has 4 aromatic rings. The van der Waals surface area contributed by atoms with E-state index in [4.69, 9.17) is 33.7 Å². The summed E-state index contributed by atoms with van der Waals surface area (Å²) in [6.07, 6.45) is 7.25. The number of carbonyl (C=O) groups excluding carboxylic acids is 1. The number of amides is 2. The summed E-state index contributed by atoms with van der Waals surface area (Å²) in [5.41, 5.74) is 8.81. The quantitative estimate of drug-likeness (QED) is 0.282. The number of carbonyl (C=O) groups is 1. The van der Waals surface area contributed by atoms with E-state index in [0.29, 0.717) is 39.5 Å². The third-order valence-corrected chi connectivity index (χ3v) is 7.46. The predicted octanol–water partition coefficient (Wildman–Crippen LogP) is 3.41. The number of aromatic nitrogens is 5. The molecule has 0 radical (unpaired) electrons. The van der Waals surface area contributed by atoms with Crippen molar-refractivity contribution in [2.45, 2.75) is 24.6 Å². The highest BCUT2D eigenvalue weighted by molar-refractivity contribution is 6.35. The maximum absolute atomic E-state index is 11.6. The number of nitrogens with two attached hydrogens (primary N) is 1. The van der Waals surface area contributed by atoms with Crippen molar-refractivity contribution < 1.29 is 9.53 Å². The summed E-state index contributed by atoms with van der Waals surface area (Å²) in [6.45, 7) is 2.18. The monoisotopic (exact) mass is 539 g/mol. The van der Waals surface area contributed by atoms with Crippen LogP contribution in [0, 0.1) is 0 Å². The van der Waals surface area contributed by atoms with Crippen molar-refractivity contribution in [3.8, 4) is 17.0 Å². The van der Waals surface area contributed by atoms with Crippen LogP contribution in [0.15, 0.2) is 43.0 Å². The van der Waals surface area contributed by atoms with Crippen molar-refractivity contribution in [2.24, 2.45) is 5.73 Å². The number of anilines is 1. The molecule has 2 fully saturated rings. The van der Waals surface area contributed by atoms with Gasteiger partial charge in [0, 0.05) is 60.9 Å². The van der Waals surface area contributed by atoms with Gasteiger partial charge in [0.15, 0.2) is 6.23 Å². The number of rotatable bonds is 5. The van der Waals surface area contributed by atoms with Crippen LogP contribution < -0.4 is 26.0 Å². The van der Waals surface area contributed by atoms with Crippen molar-refractivity contribution in [1.29, 1.82) is 0 Å². The normalized spacial score (nSPS) is 17.6. The van der Waals surface area contributed by atoms with Crippen LogP contribution in [0.25, 0.3) is 22.2 Å². The number of fused-ring (bicyclic) bond motifs is 1. The van der Waals surface area contributed by atoms with E-state index in [1.807, 2.05) is 12.1 Å². The van der Waals surface area contributed by atoms with Crippen LogP contribution in [0.3, 0.4) is 0 Å². The van der Waals surface area contributed by atoms with Crippen LogP contribution in [0.2, 0.25) is 10.0 Å². The average molecular weight is 540 g/mol. The molecule has 0 saturated carbocycles. The first kappa shape index (κ1) is 23.7. The Labute approximate surface area is 221 Å². The Hall–Kier alpha value is -3.67. The van der Waals surface area contributed by atoms with E-state index < -0.39 is 6.23 Å². The van der Waals surface area contributed by atoms with E-state index in [9.17, 15) is 4.79 Å². The molecule has 6 rings (SSSR count). The fourth-order valence-electron chi connectivity index (χ4n) is 4.81. The van der Waals surface area contributed by atoms with Gasteiger partial charge in [0.2, 0.25) is 5.95 Å². The molecule has 190 valence electrons. The molecular weight excluding hydrogens is 517 g/mol. The highest BCUT2D eigenvalue weighted by Gasteiger charge is 2.40. The van der Waals surface area contributed by atoms with Gasteiger partial charge < -0.3 is 20.3 Å². The summed E-state index contributed by atoms with van der Waals surface area (Å²) >= 11 is 12.4. The number of pyridine rings is 1. The SMILES string of the molecule is N[C@@H](Oc1ccc2[nH]nc(-c3cnc(N4CCC5(CC4)CNC(=O)N5)nc3)c2c1)c1c(Cl)cncc1Cl. The first-order chi connectivity index (χ1) is 17.9. The van der Waals surface area contributed by atoms with Gasteiger partial charge in [0.05, 0.1) is 21.1 Å². The summed E-state index contributed by atoms with van der Waals surface area (Å²) in [4.78, 5) is 26.9. The predicted molar refractivity (Wildman–Crippen MR) is 140 cm³/mol. The second kappa shape index (κ2) is 9.33. The van der Waals surface area contributed by atoms with E-state index >= 15 is 0 Å². The molecule has 3 aromatic heterocycles. The average Bonchev–Trinajstić information content (AvgIpc) is 3.47. The van der Waals surface area contributed by atoms with Gasteiger partial charge in [-0.25, -0.2) is 14.8 Å². The van der Waals surface area contributed by atoms with Gasteiger partial charge in [-0.15, -0.1) is 0 Å². The van der Waals surface area contributed by atoms with Gasteiger partial charge in [-0.3, -0.25) is 15.8 Å². The molecule has 37 heavy (non-hydrogen) atoms. The Bertz CT molecular complexity index is 1450. The first-order valence-electron chi connectivity index (χ1n) is 11.7. The van der Waals surface area contributed by atoms with Crippen molar-refractivity contribution in [1.82, 2.24) is 35.8 Å². The zero-order chi connectivity index (χ0) is 25.6. The Morgan fingerprint density at radius 3 is 2.49 bits per heavy atom. The highest BCUT2D eigenvalue weighted by atomic mass is 35.5. The molecule has 2 aliphatic heterocycles. The molecule has 5 N–H and O–H groups in total. The van der Waals surface area contributed by atoms with Crippen molar-refractivity contribution >= 4 is 46.1 Å². The van der Waals surface area contributed by atoms with E-state index in [2.05, 4.69) is 40.7 Å². The van der Waals surface area contributed by atoms with Crippen molar-refractivity contribution in [2.75, 3.05) is 24.5 Å². The zero-order valence-electron chi connectivity index (χ0n) is 19.5. The summed E-state index contributed by atoms with van der Waals surface area (Å²) < 4.78 is 5.95. The fourth-order valence-corrected chi connectivity index (χ4v) is 5.39. The number of piperidine rings is 1. The topological polar surface area (TPSA) is 147 Å². The van der Waals surface area contributed by atoms with E-state index in [1.54, 1.807) is 18.5 Å². The molecule has 11 nitrogen and oxygen atoms in total. The second-order valence-corrected chi connectivity index (χ2v) is 10.00. The molecular formula is C24H23Cl2N9O2. The molecule has 2 aliphatic rings. The van der Waals surface area contributed by atoms with Gasteiger partial charge in [-0.05, 0) is 31.0 Å². The van der Waals surface area contributed by atoms with E-state index in [0.717, 1.165) is 42.4 Å². The Morgan fingerprint density at radius 1 is 1.08 bits per heavy atom. The number of ether oxygens (including phenoxy) is 1. The van der Waals surface area contributed by atoms with Crippen molar-refractivity contribution in [3.63, 3.8) is 0 Å². The maximum atomic E-state index is 11.6. The molecule has 0 unspecified atom stereocenters. The molecule has 2 amide bonds. The molecule has 2 saturated heterocycles. The van der Waals surface area contributed by atoms with Crippen LogP contribution in [-0.2, 0) is 0 Å². The summed E-state index contributed by atoms with van der Waals surface area (Å²) in [5, 5.41) is 14.9. The van der Waals surface area contributed by atoms with E-state index in [-0.39, 0.29) is 11.6 Å². The van der Waals surface area contributed by atoms with Crippen molar-refractivity contribution in [3.05, 3.63) is 58.6 Å². The zero-order valence-corrected chi connectivity index (χ0v) is 21.1. The number of nitrogens with one attached hydrogen (secondary N) is 3. The van der Waals surface area contributed by atoms with Gasteiger partial charge in [0.1, 0.15) is 11.4 Å². The molecule has 5 heterocycles. The number of hydrogen-bond donors (Lipinski definition) is 4. The van der Waals surface area contributed by atoms with Gasteiger partial charge in [-0.1, -0.05) is 23.2 Å².